The number of methoxy groups -OCH3 is 1. The number of benzene rings is 1. The zero-order chi connectivity index (χ0) is 21.7. The van der Waals surface area contributed by atoms with Crippen molar-refractivity contribution in [1.29, 1.82) is 0 Å². The molecule has 0 saturated carbocycles. The van der Waals surface area contributed by atoms with E-state index in [1.165, 1.54) is 18.9 Å². The van der Waals surface area contributed by atoms with Crippen molar-refractivity contribution in [1.82, 2.24) is 9.55 Å². The summed E-state index contributed by atoms with van der Waals surface area (Å²) in [6.45, 7) is 5.37. The lowest BCUT2D eigenvalue weighted by Crippen LogP contribution is -2.24. The monoisotopic (exact) mass is 494 g/mol. The first-order chi connectivity index (χ1) is 14.4. The number of ether oxygens (including phenoxy) is 2. The number of hydrogen-bond donors (Lipinski definition) is 0. The average Bonchev–Trinajstić information content (AvgIpc) is 3.11. The molecule has 30 heavy (non-hydrogen) atoms. The predicted octanol–water partition coefficient (Wildman–Crippen LogP) is 4.57. The zero-order valence-electron chi connectivity index (χ0n) is 17.1. The van der Waals surface area contributed by atoms with Crippen LogP contribution in [-0.2, 0) is 21.8 Å². The van der Waals surface area contributed by atoms with Gasteiger partial charge in [-0.05, 0) is 44.5 Å². The van der Waals surface area contributed by atoms with E-state index >= 15 is 0 Å². The van der Waals surface area contributed by atoms with E-state index in [-0.39, 0.29) is 5.56 Å². The molecule has 0 amide bonds. The number of rotatable bonds is 9. The first kappa shape index (κ1) is 22.6. The van der Waals surface area contributed by atoms with Gasteiger partial charge in [-0.2, -0.15) is 0 Å². The van der Waals surface area contributed by atoms with Crippen LogP contribution in [0, 0.1) is 6.92 Å². The van der Waals surface area contributed by atoms with Gasteiger partial charge in [0.25, 0.3) is 5.56 Å². The standard InChI is InChI=1S/C21H23BrN2O5S/c1-4-28-9-5-8-24-19(25)17-10-14(22)6-7-18(17)23-21(24)30-12-15-11-16(13(2)29-15)20(26)27-3/h6-7,10-11H,4-5,8-9,12H2,1-3H3. The maximum absolute atomic E-state index is 13.1. The molecule has 3 rings (SSSR count). The Morgan fingerprint density at radius 1 is 1.33 bits per heavy atom. The van der Waals surface area contributed by atoms with Crippen molar-refractivity contribution < 1.29 is 18.7 Å². The summed E-state index contributed by atoms with van der Waals surface area (Å²) in [6, 6.07) is 7.14. The van der Waals surface area contributed by atoms with Crippen LogP contribution in [0.1, 0.15) is 35.2 Å². The molecule has 9 heteroatoms. The van der Waals surface area contributed by atoms with Crippen molar-refractivity contribution >= 4 is 44.6 Å². The molecule has 160 valence electrons. The molecule has 1 aromatic carbocycles. The molecular formula is C21H23BrN2O5S. The second-order valence-corrected chi connectivity index (χ2v) is 8.38. The van der Waals surface area contributed by atoms with E-state index in [0.29, 0.717) is 65.1 Å². The van der Waals surface area contributed by atoms with Crippen LogP contribution in [0.25, 0.3) is 10.9 Å². The number of nitrogens with zero attached hydrogens (tertiary/aromatic N) is 2. The molecule has 0 spiro atoms. The van der Waals surface area contributed by atoms with Gasteiger partial charge in [-0.3, -0.25) is 9.36 Å². The van der Waals surface area contributed by atoms with Crippen LogP contribution in [0.4, 0.5) is 0 Å². The summed E-state index contributed by atoms with van der Waals surface area (Å²) in [5, 5.41) is 1.16. The van der Waals surface area contributed by atoms with Gasteiger partial charge in [0, 0.05) is 24.2 Å². The van der Waals surface area contributed by atoms with Crippen LogP contribution < -0.4 is 5.56 Å². The molecule has 0 radical (unpaired) electrons. The normalized spacial score (nSPS) is 11.2. The van der Waals surface area contributed by atoms with Gasteiger partial charge in [-0.15, -0.1) is 0 Å². The van der Waals surface area contributed by atoms with Crippen molar-refractivity contribution in [2.24, 2.45) is 0 Å². The van der Waals surface area contributed by atoms with Gasteiger partial charge in [0.15, 0.2) is 5.16 Å². The van der Waals surface area contributed by atoms with Crippen molar-refractivity contribution in [2.45, 2.75) is 37.7 Å². The number of hydrogen-bond acceptors (Lipinski definition) is 7. The fraction of sp³-hybridized carbons (Fsp3) is 0.381. The second-order valence-electron chi connectivity index (χ2n) is 6.53. The van der Waals surface area contributed by atoms with Gasteiger partial charge in [0.1, 0.15) is 17.1 Å². The summed E-state index contributed by atoms with van der Waals surface area (Å²) in [4.78, 5) is 29.6. The van der Waals surface area contributed by atoms with Gasteiger partial charge < -0.3 is 13.9 Å². The van der Waals surface area contributed by atoms with E-state index in [1.54, 1.807) is 23.6 Å². The maximum Gasteiger partial charge on any atom is 0.341 e. The molecular weight excluding hydrogens is 472 g/mol. The number of furan rings is 1. The summed E-state index contributed by atoms with van der Waals surface area (Å²) in [5.41, 5.74) is 0.947. The van der Waals surface area contributed by atoms with E-state index in [2.05, 4.69) is 15.9 Å². The molecule has 2 aromatic heterocycles. The lowest BCUT2D eigenvalue weighted by molar-refractivity contribution is 0.0599. The summed E-state index contributed by atoms with van der Waals surface area (Å²) < 4.78 is 18.4. The Labute approximate surface area is 186 Å². The van der Waals surface area contributed by atoms with Crippen LogP contribution in [0.15, 0.2) is 43.1 Å². The molecule has 0 aliphatic rings. The molecule has 0 aliphatic heterocycles. The zero-order valence-corrected chi connectivity index (χ0v) is 19.5. The van der Waals surface area contributed by atoms with Crippen LogP contribution in [0.3, 0.4) is 0 Å². The fourth-order valence-electron chi connectivity index (χ4n) is 3.01. The summed E-state index contributed by atoms with van der Waals surface area (Å²) in [6.07, 6.45) is 0.703. The summed E-state index contributed by atoms with van der Waals surface area (Å²) in [7, 11) is 1.33. The largest absolute Gasteiger partial charge is 0.465 e. The van der Waals surface area contributed by atoms with Crippen molar-refractivity contribution in [3.63, 3.8) is 0 Å². The Hall–Kier alpha value is -2.10. The van der Waals surface area contributed by atoms with Crippen molar-refractivity contribution in [3.8, 4) is 0 Å². The minimum absolute atomic E-state index is 0.0915. The number of halogens is 1. The highest BCUT2D eigenvalue weighted by Crippen LogP contribution is 2.26. The minimum Gasteiger partial charge on any atom is -0.465 e. The van der Waals surface area contributed by atoms with Crippen LogP contribution in [-0.4, -0.2) is 35.8 Å². The number of thioether (sulfide) groups is 1. The molecule has 0 aliphatic carbocycles. The highest BCUT2D eigenvalue weighted by Gasteiger charge is 2.17. The summed E-state index contributed by atoms with van der Waals surface area (Å²) >= 11 is 4.81. The maximum atomic E-state index is 13.1. The molecule has 0 saturated heterocycles. The number of carbonyl (C=O) groups excluding carboxylic acids is 1. The Kier molecular flexibility index (Phi) is 7.74. The Balaban J connectivity index is 1.90. The molecule has 0 N–H and O–H groups in total. The van der Waals surface area contributed by atoms with Crippen LogP contribution in [0.5, 0.6) is 0 Å². The molecule has 0 bridgehead atoms. The molecule has 2 heterocycles. The number of fused-ring (bicyclic) bond motifs is 1. The summed E-state index contributed by atoms with van der Waals surface area (Å²) in [5.74, 6) is 1.11. The fourth-order valence-corrected chi connectivity index (χ4v) is 4.28. The van der Waals surface area contributed by atoms with Gasteiger partial charge >= 0.3 is 5.97 Å². The lowest BCUT2D eigenvalue weighted by atomic mass is 10.2. The third-order valence-corrected chi connectivity index (χ3v) is 5.97. The second kappa shape index (κ2) is 10.3. The number of aromatic nitrogens is 2. The Morgan fingerprint density at radius 3 is 2.87 bits per heavy atom. The molecule has 7 nitrogen and oxygen atoms in total. The number of esters is 1. The van der Waals surface area contributed by atoms with E-state index in [0.717, 1.165) is 4.47 Å². The molecule has 0 fully saturated rings. The number of aryl methyl sites for hydroxylation is 1. The van der Waals surface area contributed by atoms with Gasteiger partial charge in [0.05, 0.1) is 23.8 Å². The highest BCUT2D eigenvalue weighted by atomic mass is 79.9. The molecule has 0 atom stereocenters. The minimum atomic E-state index is -0.435. The Morgan fingerprint density at radius 2 is 2.13 bits per heavy atom. The third kappa shape index (κ3) is 5.14. The van der Waals surface area contributed by atoms with E-state index in [1.807, 2.05) is 19.1 Å². The number of carbonyl (C=O) groups is 1. The highest BCUT2D eigenvalue weighted by molar-refractivity contribution is 9.10. The van der Waals surface area contributed by atoms with Gasteiger partial charge in [-0.1, -0.05) is 27.7 Å². The smallest absolute Gasteiger partial charge is 0.341 e. The van der Waals surface area contributed by atoms with E-state index < -0.39 is 5.97 Å². The van der Waals surface area contributed by atoms with E-state index in [9.17, 15) is 9.59 Å². The van der Waals surface area contributed by atoms with Crippen molar-refractivity contribution in [3.05, 3.63) is 56.2 Å². The van der Waals surface area contributed by atoms with Crippen LogP contribution in [0.2, 0.25) is 0 Å². The SMILES string of the molecule is CCOCCCn1c(SCc2cc(C(=O)OC)c(C)o2)nc2ccc(Br)cc2c1=O. The topological polar surface area (TPSA) is 83.6 Å². The van der Waals surface area contributed by atoms with Crippen molar-refractivity contribution in [2.75, 3.05) is 20.3 Å². The third-order valence-electron chi connectivity index (χ3n) is 4.47. The quantitative estimate of drug-likeness (QED) is 0.186. The van der Waals surface area contributed by atoms with Gasteiger partial charge in [-0.25, -0.2) is 9.78 Å². The van der Waals surface area contributed by atoms with E-state index in [4.69, 9.17) is 18.9 Å². The Bertz CT molecular complexity index is 1110. The first-order valence-corrected chi connectivity index (χ1v) is 11.3. The average molecular weight is 495 g/mol. The lowest BCUT2D eigenvalue weighted by Gasteiger charge is -2.13. The molecule has 3 aromatic rings. The predicted molar refractivity (Wildman–Crippen MR) is 119 cm³/mol. The van der Waals surface area contributed by atoms with Gasteiger partial charge in [0.2, 0.25) is 0 Å². The molecule has 0 unspecified atom stereocenters. The first-order valence-electron chi connectivity index (χ1n) is 9.52. The van der Waals surface area contributed by atoms with Crippen LogP contribution >= 0.6 is 27.7 Å².